The standard InChI is InChI=1S/C24H32O11/c1-32-19-10-14(5-7-18(19)35-24-23(31)22(30)16(28)12-33-24)21(29)20(11-26)34-17-6-4-13(3-2-8-25)9-15(17)27/h4-7,9-10,16,20-31H,2-3,8,11-12H2,1H3/t16-,20+,21+,22+,23-,24+/m1/s1. The molecule has 3 rings (SSSR count). The number of hydrogen-bond donors (Lipinski definition) is 7. The largest absolute Gasteiger partial charge is 0.504 e. The minimum absolute atomic E-state index is 0.0322. The SMILES string of the molecule is COc1cc([C@H](O)[C@H](CO)Oc2ccc(CCCO)cc2O)ccc1O[C@@H]1OC[C@@H](O)[C@H](O)[C@H]1O. The molecule has 0 aliphatic carbocycles. The van der Waals surface area contributed by atoms with Crippen LogP contribution in [0.25, 0.3) is 0 Å². The highest BCUT2D eigenvalue weighted by molar-refractivity contribution is 5.45. The molecule has 11 heteroatoms. The highest BCUT2D eigenvalue weighted by Crippen LogP contribution is 2.35. The molecule has 2 aromatic carbocycles. The number of aliphatic hydroxyl groups excluding tert-OH is 6. The predicted octanol–water partition coefficient (Wildman–Crippen LogP) is -0.383. The first-order valence-electron chi connectivity index (χ1n) is 11.2. The van der Waals surface area contributed by atoms with Crippen LogP contribution in [0.15, 0.2) is 36.4 Å². The van der Waals surface area contributed by atoms with Crippen molar-refractivity contribution in [3.8, 4) is 23.0 Å². The molecule has 11 nitrogen and oxygen atoms in total. The van der Waals surface area contributed by atoms with Crippen LogP contribution in [0.4, 0.5) is 0 Å². The van der Waals surface area contributed by atoms with Crippen molar-refractivity contribution in [2.24, 2.45) is 0 Å². The second-order valence-electron chi connectivity index (χ2n) is 8.19. The molecular weight excluding hydrogens is 464 g/mol. The van der Waals surface area contributed by atoms with Crippen molar-refractivity contribution >= 4 is 0 Å². The molecule has 35 heavy (non-hydrogen) atoms. The van der Waals surface area contributed by atoms with Gasteiger partial charge < -0.3 is 54.7 Å². The Kier molecular flexibility index (Phi) is 9.52. The summed E-state index contributed by atoms with van der Waals surface area (Å²) < 4.78 is 21.8. The third kappa shape index (κ3) is 6.53. The van der Waals surface area contributed by atoms with E-state index in [1.54, 1.807) is 6.07 Å². The zero-order valence-electron chi connectivity index (χ0n) is 19.2. The smallest absolute Gasteiger partial charge is 0.229 e. The third-order valence-corrected chi connectivity index (χ3v) is 5.68. The predicted molar refractivity (Wildman–Crippen MR) is 121 cm³/mol. The molecule has 194 valence electrons. The van der Waals surface area contributed by atoms with Crippen LogP contribution in [-0.4, -0.2) is 93.4 Å². The molecule has 7 N–H and O–H groups in total. The topological polar surface area (TPSA) is 179 Å². The molecule has 2 aromatic rings. The molecule has 0 amide bonds. The first kappa shape index (κ1) is 27.0. The van der Waals surface area contributed by atoms with E-state index < -0.39 is 43.4 Å². The van der Waals surface area contributed by atoms with E-state index in [1.807, 2.05) is 0 Å². The van der Waals surface area contributed by atoms with Crippen molar-refractivity contribution in [3.05, 3.63) is 47.5 Å². The fourth-order valence-corrected chi connectivity index (χ4v) is 3.65. The van der Waals surface area contributed by atoms with Crippen LogP contribution in [0.2, 0.25) is 0 Å². The van der Waals surface area contributed by atoms with Crippen molar-refractivity contribution < 1.29 is 54.7 Å². The van der Waals surface area contributed by atoms with Crippen LogP contribution < -0.4 is 14.2 Å². The molecule has 1 heterocycles. The quantitative estimate of drug-likeness (QED) is 0.216. The molecule has 1 fully saturated rings. The molecule has 1 aliphatic heterocycles. The normalized spacial score (nSPS) is 24.0. The van der Waals surface area contributed by atoms with Gasteiger partial charge in [0.1, 0.15) is 24.4 Å². The van der Waals surface area contributed by atoms with Gasteiger partial charge in [0.25, 0.3) is 0 Å². The van der Waals surface area contributed by atoms with Crippen molar-refractivity contribution in [2.45, 2.75) is 49.7 Å². The Morgan fingerprint density at radius 3 is 2.40 bits per heavy atom. The summed E-state index contributed by atoms with van der Waals surface area (Å²) in [5.41, 5.74) is 1.12. The molecule has 0 aromatic heterocycles. The Balaban J connectivity index is 1.72. The number of rotatable bonds is 11. The van der Waals surface area contributed by atoms with Gasteiger partial charge in [0.05, 0.1) is 20.3 Å². The fraction of sp³-hybridized carbons (Fsp3) is 0.500. The Bertz CT molecular complexity index is 953. The lowest BCUT2D eigenvalue weighted by molar-refractivity contribution is -0.242. The number of ether oxygens (including phenoxy) is 4. The van der Waals surface area contributed by atoms with Crippen LogP contribution in [0, 0.1) is 0 Å². The Labute approximate surface area is 202 Å². The van der Waals surface area contributed by atoms with Gasteiger partial charge in [-0.05, 0) is 48.2 Å². The Morgan fingerprint density at radius 2 is 1.74 bits per heavy atom. The molecule has 0 saturated carbocycles. The highest BCUT2D eigenvalue weighted by Gasteiger charge is 2.39. The minimum atomic E-state index is -1.50. The number of methoxy groups -OCH3 is 1. The number of phenols is 1. The number of aryl methyl sites for hydroxylation is 1. The lowest BCUT2D eigenvalue weighted by Gasteiger charge is -2.35. The van der Waals surface area contributed by atoms with Crippen LogP contribution >= 0.6 is 0 Å². The monoisotopic (exact) mass is 496 g/mol. The van der Waals surface area contributed by atoms with E-state index in [1.165, 1.54) is 37.4 Å². The maximum atomic E-state index is 10.8. The van der Waals surface area contributed by atoms with E-state index in [0.29, 0.717) is 18.4 Å². The van der Waals surface area contributed by atoms with Gasteiger partial charge in [0.15, 0.2) is 29.1 Å². The number of benzene rings is 2. The van der Waals surface area contributed by atoms with E-state index in [-0.39, 0.29) is 36.2 Å². The van der Waals surface area contributed by atoms with Crippen LogP contribution in [0.5, 0.6) is 23.0 Å². The number of aromatic hydroxyl groups is 1. The van der Waals surface area contributed by atoms with E-state index in [4.69, 9.17) is 24.1 Å². The molecule has 1 saturated heterocycles. The second kappa shape index (κ2) is 12.4. The van der Waals surface area contributed by atoms with Crippen molar-refractivity contribution in [3.63, 3.8) is 0 Å². The van der Waals surface area contributed by atoms with Crippen LogP contribution in [-0.2, 0) is 11.2 Å². The molecule has 0 radical (unpaired) electrons. The zero-order valence-corrected chi connectivity index (χ0v) is 19.2. The molecule has 0 bridgehead atoms. The molecule has 1 aliphatic rings. The lowest BCUT2D eigenvalue weighted by Crippen LogP contribution is -2.54. The number of aliphatic hydroxyl groups is 6. The first-order chi connectivity index (χ1) is 16.8. The number of hydrogen-bond acceptors (Lipinski definition) is 11. The summed E-state index contributed by atoms with van der Waals surface area (Å²) in [6, 6.07) is 9.14. The molecule has 0 unspecified atom stereocenters. The third-order valence-electron chi connectivity index (χ3n) is 5.68. The maximum absolute atomic E-state index is 10.8. The fourth-order valence-electron chi connectivity index (χ4n) is 3.65. The Morgan fingerprint density at radius 1 is 1.00 bits per heavy atom. The summed E-state index contributed by atoms with van der Waals surface area (Å²) in [5, 5.41) is 69.3. The van der Waals surface area contributed by atoms with E-state index >= 15 is 0 Å². The summed E-state index contributed by atoms with van der Waals surface area (Å²) >= 11 is 0. The van der Waals surface area contributed by atoms with Gasteiger partial charge in [0, 0.05) is 6.61 Å². The lowest BCUT2D eigenvalue weighted by atomic mass is 10.0. The maximum Gasteiger partial charge on any atom is 0.229 e. The molecular formula is C24H32O11. The summed E-state index contributed by atoms with van der Waals surface area (Å²) in [7, 11) is 1.37. The summed E-state index contributed by atoms with van der Waals surface area (Å²) in [6.07, 6.45) is -6.75. The second-order valence-corrected chi connectivity index (χ2v) is 8.19. The van der Waals surface area contributed by atoms with Crippen molar-refractivity contribution in [1.29, 1.82) is 0 Å². The Hall–Kier alpha value is -2.64. The average molecular weight is 497 g/mol. The van der Waals surface area contributed by atoms with Gasteiger partial charge in [-0.25, -0.2) is 0 Å². The van der Waals surface area contributed by atoms with Crippen molar-refractivity contribution in [2.75, 3.05) is 26.9 Å². The van der Waals surface area contributed by atoms with Crippen LogP contribution in [0.3, 0.4) is 0 Å². The van der Waals surface area contributed by atoms with E-state index in [2.05, 4.69) is 0 Å². The van der Waals surface area contributed by atoms with Crippen molar-refractivity contribution in [1.82, 2.24) is 0 Å². The number of phenolic OH excluding ortho intramolecular Hbond substituents is 1. The molecule has 6 atom stereocenters. The first-order valence-corrected chi connectivity index (χ1v) is 11.2. The zero-order chi connectivity index (χ0) is 25.5. The summed E-state index contributed by atoms with van der Waals surface area (Å²) in [6.45, 7) is -0.757. The minimum Gasteiger partial charge on any atom is -0.504 e. The van der Waals surface area contributed by atoms with Gasteiger partial charge >= 0.3 is 0 Å². The van der Waals surface area contributed by atoms with Gasteiger partial charge in [-0.1, -0.05) is 12.1 Å². The average Bonchev–Trinajstić information content (AvgIpc) is 2.87. The van der Waals surface area contributed by atoms with Gasteiger partial charge in [-0.2, -0.15) is 0 Å². The highest BCUT2D eigenvalue weighted by atomic mass is 16.7. The molecule has 0 spiro atoms. The van der Waals surface area contributed by atoms with E-state index in [0.717, 1.165) is 5.56 Å². The summed E-state index contributed by atoms with van der Waals surface area (Å²) in [5.74, 6) is 0.233. The van der Waals surface area contributed by atoms with Gasteiger partial charge in [-0.3, -0.25) is 0 Å². The van der Waals surface area contributed by atoms with Gasteiger partial charge in [0.2, 0.25) is 6.29 Å². The van der Waals surface area contributed by atoms with E-state index in [9.17, 15) is 30.6 Å². The van der Waals surface area contributed by atoms with Crippen LogP contribution in [0.1, 0.15) is 23.7 Å². The summed E-state index contributed by atoms with van der Waals surface area (Å²) in [4.78, 5) is 0. The van der Waals surface area contributed by atoms with Gasteiger partial charge in [-0.15, -0.1) is 0 Å².